The third kappa shape index (κ3) is 13.7. The van der Waals surface area contributed by atoms with Crippen LogP contribution in [0.5, 0.6) is 0 Å². The number of aliphatic hydroxyl groups is 1. The maximum atomic E-state index is 13.6. The number of esters is 1. The molecule has 0 spiro atoms. The number of methoxy groups -OCH3 is 1. The second kappa shape index (κ2) is 31.7. The van der Waals surface area contributed by atoms with Gasteiger partial charge in [0.05, 0.1) is 79.4 Å². The fraction of sp³-hybridized carbons (Fsp3) is 0.453. The van der Waals surface area contributed by atoms with Crippen molar-refractivity contribution in [2.75, 3.05) is 48.9 Å². The predicted octanol–water partition coefficient (Wildman–Crippen LogP) is 17.5. The number of thioether (sulfide) groups is 2. The maximum absolute atomic E-state index is 13.6. The first-order chi connectivity index (χ1) is 54.5. The summed E-state index contributed by atoms with van der Waals surface area (Å²) in [6.45, 7) is 15.3. The van der Waals surface area contributed by atoms with Crippen molar-refractivity contribution in [1.29, 1.82) is 0 Å². The van der Waals surface area contributed by atoms with Gasteiger partial charge in [0.25, 0.3) is 0 Å². The number of benzene rings is 5. The molecule has 2 saturated carbocycles. The molecule has 3 saturated heterocycles. The molecule has 2 aliphatic carbocycles. The quantitative estimate of drug-likeness (QED) is 0.0352. The van der Waals surface area contributed by atoms with Gasteiger partial charge in [-0.1, -0.05) is 75.4 Å². The smallest absolute Gasteiger partial charge is 0.343 e. The molecule has 2 amide bonds. The lowest BCUT2D eigenvalue weighted by atomic mass is 9.88. The Balaban J connectivity index is 0.000000123. The highest BCUT2D eigenvalue weighted by Gasteiger charge is 2.66. The highest BCUT2D eigenvalue weighted by molar-refractivity contribution is 7.98. The van der Waals surface area contributed by atoms with Crippen LogP contribution in [-0.2, 0) is 67.1 Å². The first-order valence-electron chi connectivity index (χ1n) is 40.1. The summed E-state index contributed by atoms with van der Waals surface area (Å²) in [4.78, 5) is 68.5. The van der Waals surface area contributed by atoms with E-state index in [0.717, 1.165) is 179 Å². The standard InChI is InChI=1S/C33H35N3O4S2.C28H36Cl2N6.C25H25FN6O2/c1-5-41-16-18-7-9-24-20(11-18)27-22-14-34-15-23(22)28-21-12-19(17-42-6-2)8-10-25(21)36-30(28)29(27)35(24)26-13-33(38,31(37)39-4)32(36,3)40-26;1-3-15-36-26(23-11-14-32-28(34-23)33-21-7-5-4-6-8-21)25(20-16-18(2)24(30)22(29)17-20)35-27(36)19-9-12-31-13-10-19;26-16-6-4-15(5-7-16)23-24(19-12-13-27-25(29-19)28-17-2-1-3-17)32-18(8-9-20(32)30-23)14-31-21(33)10-11-22(31)34/h7-12,26,34,38H,5-6,13-17H2,1-4H3;11,14,16-17,19,21,31H,3-10,12-13,15H2,1-2H3,(H,32,33,34);4-7,12-13,17-18H,1-3,8-11,14H2,(H,27,28,29)/t26?,32-,33-;;18-/m0.0/s1. The minimum absolute atomic E-state index is 0.0873. The number of nitrogens with zero attached hydrogens (tertiary/aromatic N) is 11. The van der Waals surface area contributed by atoms with E-state index in [1.54, 1.807) is 18.3 Å². The van der Waals surface area contributed by atoms with Crippen molar-refractivity contribution in [3.63, 3.8) is 0 Å². The summed E-state index contributed by atoms with van der Waals surface area (Å²) in [6, 6.07) is 28.3. The normalized spacial score (nSPS) is 20.9. The van der Waals surface area contributed by atoms with Gasteiger partial charge in [0, 0.05) is 126 Å². The number of ether oxygens (including phenoxy) is 2. The van der Waals surface area contributed by atoms with E-state index < -0.39 is 23.5 Å². The highest BCUT2D eigenvalue weighted by atomic mass is 35.5. The lowest BCUT2D eigenvalue weighted by Crippen LogP contribution is -2.56. The van der Waals surface area contributed by atoms with Crippen molar-refractivity contribution in [3.8, 4) is 45.3 Å². The van der Waals surface area contributed by atoms with E-state index >= 15 is 0 Å². The number of amides is 2. The number of nitrogens with one attached hydrogen (secondary N) is 4. The van der Waals surface area contributed by atoms with Crippen molar-refractivity contribution in [1.82, 2.24) is 63.7 Å². The van der Waals surface area contributed by atoms with Crippen LogP contribution in [0.15, 0.2) is 97.3 Å². The predicted molar refractivity (Wildman–Crippen MR) is 444 cm³/mol. The number of rotatable bonds is 20. The Morgan fingerprint density at radius 1 is 0.696 bits per heavy atom. The van der Waals surface area contributed by atoms with Gasteiger partial charge in [-0.25, -0.2) is 39.1 Å². The molecule has 112 heavy (non-hydrogen) atoms. The molecule has 0 radical (unpaired) electrons. The Bertz CT molecular complexity index is 5440. The summed E-state index contributed by atoms with van der Waals surface area (Å²) >= 11 is 16.8. The van der Waals surface area contributed by atoms with Gasteiger partial charge in [-0.15, -0.1) is 0 Å². The number of aryl methyl sites for hydroxylation is 2. The van der Waals surface area contributed by atoms with Crippen molar-refractivity contribution < 1.29 is 33.4 Å². The number of imidazole rings is 2. The summed E-state index contributed by atoms with van der Waals surface area (Å²) in [5, 5.41) is 32.4. The molecule has 8 aliphatic rings. The number of imide groups is 1. The minimum atomic E-state index is -1.88. The Hall–Kier alpha value is -8.46. The molecule has 11 aromatic rings. The van der Waals surface area contributed by atoms with Crippen LogP contribution in [0.3, 0.4) is 0 Å². The molecule has 19 rings (SSSR count). The van der Waals surface area contributed by atoms with Crippen LogP contribution in [0.4, 0.5) is 16.3 Å². The number of hydrogen-bond donors (Lipinski definition) is 5. The molecular formula is C86H96Cl2FN15O6S2. The number of carbonyl (C=O) groups excluding carboxylic acids is 3. The van der Waals surface area contributed by atoms with Crippen LogP contribution in [0.1, 0.15) is 182 Å². The number of piperidine rings is 1. The van der Waals surface area contributed by atoms with Crippen molar-refractivity contribution >= 4 is 120 Å². The Kier molecular flexibility index (Phi) is 21.6. The topological polar surface area (TPSA) is 238 Å². The van der Waals surface area contributed by atoms with Gasteiger partial charge < -0.3 is 54.1 Å². The zero-order valence-electron chi connectivity index (χ0n) is 64.4. The Morgan fingerprint density at radius 2 is 1.31 bits per heavy atom. The number of anilines is 2. The number of halogens is 3. The Morgan fingerprint density at radius 3 is 1.93 bits per heavy atom. The first kappa shape index (κ1) is 76.2. The SMILES string of the molecule is CCCn1c(C2CCNCC2)nc(-c2cc(C)c(Cl)c(Cl)c2)c1-c1ccnc(NC2CCCCC2)n1.CCSCc1ccc2c(c1)c1c3c(c4c5cc(CSCC)ccc5n5c4c1n2C1C[C@](O)(C(=O)OC)[C@]5(C)O1)CNC3.O=C1CCC(=O)N1C[C@@H]1CCc2nc(-c3ccc(F)cc3)c(-c3ccnc(NC4CCC4)n3)n21. The van der Waals surface area contributed by atoms with Crippen LogP contribution in [0.2, 0.25) is 10.0 Å². The van der Waals surface area contributed by atoms with Gasteiger partial charge in [0.2, 0.25) is 29.3 Å². The zero-order valence-corrected chi connectivity index (χ0v) is 67.5. The van der Waals surface area contributed by atoms with Gasteiger partial charge in [0.1, 0.15) is 23.7 Å². The minimum Gasteiger partial charge on any atom is -0.467 e. The first-order valence-corrected chi connectivity index (χ1v) is 43.1. The van der Waals surface area contributed by atoms with Gasteiger partial charge in [-0.2, -0.15) is 23.5 Å². The molecule has 6 aliphatic heterocycles. The van der Waals surface area contributed by atoms with Crippen molar-refractivity contribution in [2.24, 2.45) is 0 Å². The molecule has 12 heterocycles. The zero-order chi connectivity index (χ0) is 77.3. The maximum Gasteiger partial charge on any atom is 0.343 e. The molecule has 4 atom stereocenters. The molecule has 26 heteroatoms. The average molecular weight is 1590 g/mol. The van der Waals surface area contributed by atoms with Crippen LogP contribution in [-0.4, -0.2) is 132 Å². The number of carbonyl (C=O) groups is 3. The van der Waals surface area contributed by atoms with E-state index in [9.17, 15) is 23.9 Å². The summed E-state index contributed by atoms with van der Waals surface area (Å²) in [6.07, 6.45) is 18.0. The molecule has 6 aromatic heterocycles. The number of hydrogen-bond acceptors (Lipinski definition) is 18. The molecule has 584 valence electrons. The molecular weight excluding hydrogens is 1490 g/mol. The molecule has 5 fully saturated rings. The van der Waals surface area contributed by atoms with Crippen LogP contribution in [0.25, 0.3) is 88.9 Å². The fourth-order valence-corrected chi connectivity index (χ4v) is 20.1. The fourth-order valence-electron chi connectivity index (χ4n) is 18.5. The lowest BCUT2D eigenvalue weighted by Gasteiger charge is -2.37. The monoisotopic (exact) mass is 1590 g/mol. The lowest BCUT2D eigenvalue weighted by molar-refractivity contribution is -0.202. The third-order valence-corrected chi connectivity index (χ3v) is 27.0. The summed E-state index contributed by atoms with van der Waals surface area (Å²) in [5.41, 5.74) is 13.9. The summed E-state index contributed by atoms with van der Waals surface area (Å²) in [5.74, 6) is 6.51. The van der Waals surface area contributed by atoms with Crippen LogP contribution >= 0.6 is 46.7 Å². The van der Waals surface area contributed by atoms with Gasteiger partial charge in [0.15, 0.2) is 5.72 Å². The second-order valence-electron chi connectivity index (χ2n) is 31.2. The second-order valence-corrected chi connectivity index (χ2v) is 34.5. The molecule has 21 nitrogen and oxygen atoms in total. The van der Waals surface area contributed by atoms with E-state index in [1.807, 2.05) is 61.8 Å². The van der Waals surface area contributed by atoms with E-state index in [-0.39, 0.29) is 42.9 Å². The molecule has 2 bridgehead atoms. The van der Waals surface area contributed by atoms with Gasteiger partial charge >= 0.3 is 5.97 Å². The number of aromatic nitrogens is 10. The third-order valence-electron chi connectivity index (χ3n) is 24.2. The van der Waals surface area contributed by atoms with E-state index in [1.165, 1.54) is 101 Å². The molecule has 1 unspecified atom stereocenters. The van der Waals surface area contributed by atoms with Gasteiger partial charge in [-0.3, -0.25) is 14.5 Å². The van der Waals surface area contributed by atoms with Gasteiger partial charge in [-0.05, 0) is 197 Å². The summed E-state index contributed by atoms with van der Waals surface area (Å²) < 4.78 is 34.7. The van der Waals surface area contributed by atoms with E-state index in [0.29, 0.717) is 57.9 Å². The summed E-state index contributed by atoms with van der Waals surface area (Å²) in [7, 11) is 1.34. The molecule has 5 aromatic carbocycles. The van der Waals surface area contributed by atoms with E-state index in [4.69, 9.17) is 52.6 Å². The van der Waals surface area contributed by atoms with Crippen molar-refractivity contribution in [2.45, 2.75) is 210 Å². The largest absolute Gasteiger partial charge is 0.467 e. The van der Waals surface area contributed by atoms with Crippen LogP contribution < -0.4 is 21.3 Å². The number of likely N-dealkylation sites (tertiary alicyclic amines) is 1. The highest BCUT2D eigenvalue weighted by Crippen LogP contribution is 2.58. The average Bonchev–Trinajstić information content (AvgIpc) is 1.49. The molecule has 5 N–H and O–H groups in total. The Labute approximate surface area is 669 Å². The number of fused-ring (bicyclic) bond motifs is 14. The van der Waals surface area contributed by atoms with Crippen LogP contribution in [0, 0.1) is 12.7 Å². The van der Waals surface area contributed by atoms with E-state index in [2.05, 4.69) is 113 Å². The van der Waals surface area contributed by atoms with Crippen molar-refractivity contribution in [3.05, 3.63) is 153 Å².